The highest BCUT2D eigenvalue weighted by atomic mass is 35.5. The second kappa shape index (κ2) is 7.14. The average molecular weight is 370 g/mol. The van der Waals surface area contributed by atoms with Gasteiger partial charge in [-0.1, -0.05) is 25.4 Å². The van der Waals surface area contributed by atoms with Gasteiger partial charge < -0.3 is 5.73 Å². The monoisotopic (exact) mass is 369 g/mol. The van der Waals surface area contributed by atoms with Crippen LogP contribution in [0.2, 0.25) is 5.02 Å². The Kier molecular flexibility index (Phi) is 6.22. The molecule has 0 heterocycles. The van der Waals surface area contributed by atoms with Crippen LogP contribution in [0, 0.1) is 0 Å². The van der Waals surface area contributed by atoms with Gasteiger partial charge in [0.2, 0.25) is 20.0 Å². The van der Waals surface area contributed by atoms with E-state index < -0.39 is 24.9 Å². The van der Waals surface area contributed by atoms with Crippen LogP contribution in [0.4, 0.5) is 5.69 Å². The van der Waals surface area contributed by atoms with E-state index in [1.165, 1.54) is 4.31 Å². The third-order valence-corrected chi connectivity index (χ3v) is 6.26. The topological polar surface area (TPSA) is 124 Å². The van der Waals surface area contributed by atoms with Crippen molar-refractivity contribution >= 4 is 37.3 Å². The molecule has 7 nitrogen and oxygen atoms in total. The van der Waals surface area contributed by atoms with E-state index >= 15 is 0 Å². The third-order valence-electron chi connectivity index (χ3n) is 2.93. The zero-order chi connectivity index (χ0) is 17.1. The third kappa shape index (κ3) is 4.11. The van der Waals surface area contributed by atoms with Gasteiger partial charge >= 0.3 is 0 Å². The molecule has 0 bridgehead atoms. The molecule has 0 saturated carbocycles. The second-order valence-electron chi connectivity index (χ2n) is 4.77. The largest absolute Gasteiger partial charge is 0.398 e. The van der Waals surface area contributed by atoms with Crippen molar-refractivity contribution in [3.05, 3.63) is 17.2 Å². The summed E-state index contributed by atoms with van der Waals surface area (Å²) >= 11 is 5.96. The minimum atomic E-state index is -4.15. The minimum absolute atomic E-state index is 0.137. The van der Waals surface area contributed by atoms with E-state index in [1.54, 1.807) is 0 Å². The van der Waals surface area contributed by atoms with E-state index in [1.807, 2.05) is 13.8 Å². The van der Waals surface area contributed by atoms with E-state index in [9.17, 15) is 16.8 Å². The number of hydrogen-bond acceptors (Lipinski definition) is 5. The van der Waals surface area contributed by atoms with Crippen LogP contribution in [-0.4, -0.2) is 34.2 Å². The predicted molar refractivity (Wildman–Crippen MR) is 86.6 cm³/mol. The molecule has 0 atom stereocenters. The van der Waals surface area contributed by atoms with Crippen molar-refractivity contribution in [2.75, 3.05) is 18.8 Å². The molecule has 1 aromatic carbocycles. The van der Waals surface area contributed by atoms with Gasteiger partial charge in [-0.25, -0.2) is 22.0 Å². The van der Waals surface area contributed by atoms with Gasteiger partial charge in [0.05, 0.1) is 10.7 Å². The minimum Gasteiger partial charge on any atom is -0.398 e. The molecule has 0 aromatic heterocycles. The molecule has 1 aromatic rings. The number of nitrogens with two attached hydrogens (primary N) is 2. The van der Waals surface area contributed by atoms with Crippen LogP contribution in [0.5, 0.6) is 0 Å². The predicted octanol–water partition coefficient (Wildman–Crippen LogP) is 1.38. The fourth-order valence-corrected chi connectivity index (χ4v) is 4.89. The van der Waals surface area contributed by atoms with Gasteiger partial charge in [-0.15, -0.1) is 0 Å². The quantitative estimate of drug-likeness (QED) is 0.702. The van der Waals surface area contributed by atoms with Gasteiger partial charge in [-0.3, -0.25) is 0 Å². The average Bonchev–Trinajstić information content (AvgIpc) is 2.36. The molecule has 0 aliphatic heterocycles. The molecule has 0 aliphatic carbocycles. The van der Waals surface area contributed by atoms with Gasteiger partial charge in [0.1, 0.15) is 9.79 Å². The van der Waals surface area contributed by atoms with Crippen molar-refractivity contribution < 1.29 is 16.8 Å². The Bertz CT molecular complexity index is 742. The van der Waals surface area contributed by atoms with Crippen molar-refractivity contribution in [1.29, 1.82) is 0 Å². The lowest BCUT2D eigenvalue weighted by Gasteiger charge is -2.22. The van der Waals surface area contributed by atoms with E-state index in [0.29, 0.717) is 25.9 Å². The maximum absolute atomic E-state index is 12.7. The summed E-state index contributed by atoms with van der Waals surface area (Å²) in [4.78, 5) is -0.766. The summed E-state index contributed by atoms with van der Waals surface area (Å²) in [6.45, 7) is 4.31. The van der Waals surface area contributed by atoms with E-state index in [4.69, 9.17) is 22.5 Å². The lowest BCUT2D eigenvalue weighted by atomic mass is 10.3. The van der Waals surface area contributed by atoms with Crippen LogP contribution >= 0.6 is 11.6 Å². The summed E-state index contributed by atoms with van der Waals surface area (Å²) in [7, 11) is -8.08. The number of primary sulfonamides is 1. The molecule has 0 amide bonds. The number of nitrogens with zero attached hydrogens (tertiary/aromatic N) is 1. The maximum atomic E-state index is 12.7. The Balaban J connectivity index is 3.53. The summed E-state index contributed by atoms with van der Waals surface area (Å²) in [5, 5.41) is 4.92. The van der Waals surface area contributed by atoms with Crippen molar-refractivity contribution in [3.8, 4) is 0 Å². The summed E-state index contributed by atoms with van der Waals surface area (Å²) in [6, 6.07) is 2.00. The van der Waals surface area contributed by atoms with Gasteiger partial charge in [0.15, 0.2) is 0 Å². The number of hydrogen-bond donors (Lipinski definition) is 2. The molecule has 22 heavy (non-hydrogen) atoms. The highest BCUT2D eigenvalue weighted by Crippen LogP contribution is 2.31. The number of benzene rings is 1. The van der Waals surface area contributed by atoms with Crippen LogP contribution in [0.15, 0.2) is 21.9 Å². The molecule has 0 spiro atoms. The van der Waals surface area contributed by atoms with Crippen molar-refractivity contribution in [2.24, 2.45) is 5.14 Å². The molecular weight excluding hydrogens is 350 g/mol. The molecule has 10 heteroatoms. The number of nitrogen functional groups attached to an aromatic ring is 1. The first kappa shape index (κ1) is 19.2. The number of anilines is 1. The first-order valence-corrected chi connectivity index (χ1v) is 10.0. The fourth-order valence-electron chi connectivity index (χ4n) is 1.98. The van der Waals surface area contributed by atoms with Gasteiger partial charge in [0.25, 0.3) is 0 Å². The zero-order valence-electron chi connectivity index (χ0n) is 12.4. The molecule has 0 unspecified atom stereocenters. The van der Waals surface area contributed by atoms with Crippen molar-refractivity contribution in [1.82, 2.24) is 4.31 Å². The first-order valence-electron chi connectivity index (χ1n) is 6.67. The van der Waals surface area contributed by atoms with E-state index in [0.717, 1.165) is 12.1 Å². The summed E-state index contributed by atoms with van der Waals surface area (Å²) in [6.07, 6.45) is 1.24. The SMILES string of the molecule is CCCN(CCC)S(=O)(=O)c1cc(S(N)(=O)=O)c(N)cc1Cl. The maximum Gasteiger partial charge on any atom is 0.244 e. The van der Waals surface area contributed by atoms with Crippen LogP contribution in [-0.2, 0) is 20.0 Å². The summed E-state index contributed by atoms with van der Waals surface area (Å²) < 4.78 is 49.7. The van der Waals surface area contributed by atoms with Gasteiger partial charge in [-0.05, 0) is 25.0 Å². The fraction of sp³-hybridized carbons (Fsp3) is 0.500. The van der Waals surface area contributed by atoms with Crippen molar-refractivity contribution in [2.45, 2.75) is 36.5 Å². The van der Waals surface area contributed by atoms with Crippen LogP contribution in [0.25, 0.3) is 0 Å². The Morgan fingerprint density at radius 3 is 1.95 bits per heavy atom. The van der Waals surface area contributed by atoms with Crippen molar-refractivity contribution in [3.63, 3.8) is 0 Å². The smallest absolute Gasteiger partial charge is 0.244 e. The lowest BCUT2D eigenvalue weighted by Crippen LogP contribution is -2.33. The Morgan fingerprint density at radius 1 is 1.05 bits per heavy atom. The second-order valence-corrected chi connectivity index (χ2v) is 8.61. The molecule has 0 fully saturated rings. The Labute approximate surface area is 136 Å². The van der Waals surface area contributed by atoms with Gasteiger partial charge in [0, 0.05) is 13.1 Å². The molecule has 4 N–H and O–H groups in total. The molecule has 126 valence electrons. The summed E-state index contributed by atoms with van der Waals surface area (Å²) in [5.41, 5.74) is 5.37. The lowest BCUT2D eigenvalue weighted by molar-refractivity contribution is 0.410. The molecule has 1 rings (SSSR count). The highest BCUT2D eigenvalue weighted by Gasteiger charge is 2.28. The van der Waals surface area contributed by atoms with Gasteiger partial charge in [-0.2, -0.15) is 4.31 Å². The standard InChI is InChI=1S/C12H20ClN3O4S2/c1-3-5-16(6-4-2)22(19,20)11-8-12(21(15,17)18)10(14)7-9(11)13/h7-8H,3-6,14H2,1-2H3,(H2,15,17,18). The Morgan fingerprint density at radius 2 is 1.55 bits per heavy atom. The van der Waals surface area contributed by atoms with Crippen LogP contribution < -0.4 is 10.9 Å². The van der Waals surface area contributed by atoms with E-state index in [2.05, 4.69) is 0 Å². The zero-order valence-corrected chi connectivity index (χ0v) is 14.8. The summed E-state index contributed by atoms with van der Waals surface area (Å²) in [5.74, 6) is 0. The Hall–Kier alpha value is -0.870. The van der Waals surface area contributed by atoms with Crippen LogP contribution in [0.1, 0.15) is 26.7 Å². The number of sulfonamides is 2. The molecule has 0 radical (unpaired) electrons. The normalized spacial score (nSPS) is 12.8. The van der Waals surface area contributed by atoms with E-state index in [-0.39, 0.29) is 15.6 Å². The highest BCUT2D eigenvalue weighted by molar-refractivity contribution is 7.90. The molecule has 0 aliphatic rings. The van der Waals surface area contributed by atoms with Crippen LogP contribution in [0.3, 0.4) is 0 Å². The number of rotatable bonds is 7. The first-order chi connectivity index (χ1) is 10.1. The molecular formula is C12H20ClN3O4S2. The molecule has 0 saturated heterocycles. The number of halogens is 1.